The Morgan fingerprint density at radius 3 is 2.61 bits per heavy atom. The number of carbonyl (C=O) groups excluding carboxylic acids is 1. The Kier molecular flexibility index (Phi) is 4.32. The highest BCUT2D eigenvalue weighted by Crippen LogP contribution is 2.10. The minimum Gasteiger partial charge on any atom is -0.380 e. The summed E-state index contributed by atoms with van der Waals surface area (Å²) in [5.41, 5.74) is 6.44. The van der Waals surface area contributed by atoms with Gasteiger partial charge in [0.1, 0.15) is 4.88 Å². The summed E-state index contributed by atoms with van der Waals surface area (Å²) in [6.45, 7) is 0. The number of hydrogen-bond donors (Lipinski definition) is 1. The Morgan fingerprint density at radius 2 is 2.00 bits per heavy atom. The molecule has 92 valence electrons. The number of hydrogen-bond acceptors (Lipinski definition) is 4. The highest BCUT2D eigenvalue weighted by Gasteiger charge is 2.08. The molecule has 0 bridgehead atoms. The van der Waals surface area contributed by atoms with Gasteiger partial charge >= 0.3 is 5.97 Å². The van der Waals surface area contributed by atoms with Crippen LogP contribution in [-0.2, 0) is 4.84 Å². The van der Waals surface area contributed by atoms with E-state index in [0.717, 1.165) is 9.13 Å². The molecule has 2 N–H and O–H groups in total. The maximum absolute atomic E-state index is 11.5. The third-order valence-corrected chi connectivity index (χ3v) is 3.66. The van der Waals surface area contributed by atoms with Crippen molar-refractivity contribution in [1.29, 1.82) is 0 Å². The predicted octanol–water partition coefficient (Wildman–Crippen LogP) is 2.83. The summed E-state index contributed by atoms with van der Waals surface area (Å²) in [7, 11) is 0. The Labute approximate surface area is 122 Å². The maximum Gasteiger partial charge on any atom is 0.375 e. The van der Waals surface area contributed by atoms with Crippen molar-refractivity contribution in [3.8, 4) is 0 Å². The van der Waals surface area contributed by atoms with Crippen molar-refractivity contribution in [3.63, 3.8) is 0 Å². The number of carbonyl (C=O) groups is 1. The van der Waals surface area contributed by atoms with E-state index in [-0.39, 0.29) is 5.84 Å². The minimum atomic E-state index is -0.501. The van der Waals surface area contributed by atoms with E-state index in [4.69, 9.17) is 10.6 Å². The first-order valence-electron chi connectivity index (χ1n) is 5.01. The fraction of sp³-hybridized carbons (Fsp3) is 0. The van der Waals surface area contributed by atoms with E-state index in [9.17, 15) is 4.79 Å². The molecule has 0 saturated carbocycles. The lowest BCUT2D eigenvalue weighted by molar-refractivity contribution is 0.0522. The van der Waals surface area contributed by atoms with Gasteiger partial charge in [0.05, 0.1) is 0 Å². The van der Waals surface area contributed by atoms with Gasteiger partial charge in [-0.05, 0) is 46.2 Å². The summed E-state index contributed by atoms with van der Waals surface area (Å²) in [5, 5.41) is 5.42. The van der Waals surface area contributed by atoms with Gasteiger partial charge < -0.3 is 10.6 Å². The molecule has 0 aliphatic carbocycles. The monoisotopic (exact) mass is 372 g/mol. The van der Waals surface area contributed by atoms with Crippen molar-refractivity contribution < 1.29 is 9.63 Å². The van der Waals surface area contributed by atoms with E-state index >= 15 is 0 Å². The number of thiophene rings is 1. The van der Waals surface area contributed by atoms with Crippen molar-refractivity contribution in [2.45, 2.75) is 0 Å². The van der Waals surface area contributed by atoms with Crippen molar-refractivity contribution in [2.75, 3.05) is 0 Å². The molecular weight excluding hydrogens is 363 g/mol. The second-order valence-electron chi connectivity index (χ2n) is 3.34. The van der Waals surface area contributed by atoms with Crippen molar-refractivity contribution >= 4 is 45.7 Å². The molecule has 1 aromatic heterocycles. The zero-order valence-corrected chi connectivity index (χ0v) is 12.1. The number of oxime groups is 1. The van der Waals surface area contributed by atoms with Crippen molar-refractivity contribution in [2.24, 2.45) is 10.9 Å². The quantitative estimate of drug-likeness (QED) is 0.296. The summed E-state index contributed by atoms with van der Waals surface area (Å²) in [6.07, 6.45) is 0. The summed E-state index contributed by atoms with van der Waals surface area (Å²) in [5.74, 6) is -0.324. The molecule has 1 aromatic carbocycles. The summed E-state index contributed by atoms with van der Waals surface area (Å²) < 4.78 is 1.10. The standard InChI is InChI=1S/C12H9IN2O2S/c13-9-5-3-8(4-6-9)11(14)15-17-12(16)10-2-1-7-18-10/h1-7H,(H2,14,15). The van der Waals surface area contributed by atoms with Gasteiger partial charge in [0.15, 0.2) is 5.84 Å². The predicted molar refractivity (Wildman–Crippen MR) is 79.6 cm³/mol. The summed E-state index contributed by atoms with van der Waals surface area (Å²) in [4.78, 5) is 16.8. The molecular formula is C12H9IN2O2S. The molecule has 0 unspecified atom stereocenters. The van der Waals surface area contributed by atoms with Crippen LogP contribution >= 0.6 is 33.9 Å². The smallest absolute Gasteiger partial charge is 0.375 e. The normalized spacial score (nSPS) is 11.3. The Bertz CT molecular complexity index is 564. The Hall–Kier alpha value is -1.41. The van der Waals surface area contributed by atoms with Crippen LogP contribution in [0.5, 0.6) is 0 Å². The van der Waals surface area contributed by atoms with Gasteiger partial charge in [-0.1, -0.05) is 23.4 Å². The molecule has 0 aliphatic heterocycles. The second kappa shape index (κ2) is 5.96. The van der Waals surface area contributed by atoms with Gasteiger partial charge in [-0.25, -0.2) is 4.79 Å². The van der Waals surface area contributed by atoms with Crippen LogP contribution in [0, 0.1) is 3.57 Å². The molecule has 18 heavy (non-hydrogen) atoms. The van der Waals surface area contributed by atoms with E-state index in [1.165, 1.54) is 11.3 Å². The van der Waals surface area contributed by atoms with Crippen molar-refractivity contribution in [3.05, 3.63) is 55.8 Å². The van der Waals surface area contributed by atoms with Crippen LogP contribution in [0.3, 0.4) is 0 Å². The van der Waals surface area contributed by atoms with E-state index in [2.05, 4.69) is 27.7 Å². The van der Waals surface area contributed by atoms with E-state index in [1.54, 1.807) is 17.5 Å². The van der Waals surface area contributed by atoms with Crippen LogP contribution in [0.4, 0.5) is 0 Å². The lowest BCUT2D eigenvalue weighted by atomic mass is 10.2. The topological polar surface area (TPSA) is 64.7 Å². The number of amidine groups is 1. The zero-order valence-electron chi connectivity index (χ0n) is 9.17. The molecule has 4 nitrogen and oxygen atoms in total. The maximum atomic E-state index is 11.5. The Balaban J connectivity index is 2.05. The molecule has 1 heterocycles. The second-order valence-corrected chi connectivity index (χ2v) is 5.53. The molecule has 6 heteroatoms. The zero-order chi connectivity index (χ0) is 13.0. The molecule has 2 rings (SSSR count). The largest absolute Gasteiger partial charge is 0.380 e. The van der Waals surface area contributed by atoms with E-state index in [0.29, 0.717) is 4.88 Å². The molecule has 0 spiro atoms. The average Bonchev–Trinajstić information content (AvgIpc) is 2.90. The highest BCUT2D eigenvalue weighted by atomic mass is 127. The molecule has 0 amide bonds. The minimum absolute atomic E-state index is 0.177. The number of rotatable bonds is 3. The van der Waals surface area contributed by atoms with Crippen LogP contribution in [0.1, 0.15) is 15.2 Å². The van der Waals surface area contributed by atoms with Gasteiger partial charge in [0.25, 0.3) is 0 Å². The fourth-order valence-electron chi connectivity index (χ4n) is 1.20. The Morgan fingerprint density at radius 1 is 1.28 bits per heavy atom. The first kappa shape index (κ1) is 13.0. The van der Waals surface area contributed by atoms with Crippen LogP contribution < -0.4 is 5.73 Å². The highest BCUT2D eigenvalue weighted by molar-refractivity contribution is 14.1. The van der Waals surface area contributed by atoms with Gasteiger partial charge in [-0.2, -0.15) is 0 Å². The van der Waals surface area contributed by atoms with Gasteiger partial charge in [0, 0.05) is 9.13 Å². The fourth-order valence-corrected chi connectivity index (χ4v) is 2.16. The van der Waals surface area contributed by atoms with Crippen LogP contribution in [0.2, 0.25) is 0 Å². The molecule has 0 radical (unpaired) electrons. The number of nitrogens with two attached hydrogens (primary N) is 1. The van der Waals surface area contributed by atoms with Crippen LogP contribution in [0.25, 0.3) is 0 Å². The third-order valence-electron chi connectivity index (χ3n) is 2.09. The van der Waals surface area contributed by atoms with Crippen molar-refractivity contribution in [1.82, 2.24) is 0 Å². The number of halogens is 1. The molecule has 0 aliphatic rings. The lowest BCUT2D eigenvalue weighted by Gasteiger charge is -2.00. The van der Waals surface area contributed by atoms with Gasteiger partial charge in [-0.3, -0.25) is 0 Å². The first-order valence-corrected chi connectivity index (χ1v) is 6.97. The van der Waals surface area contributed by atoms with E-state index < -0.39 is 5.97 Å². The molecule has 0 saturated heterocycles. The lowest BCUT2D eigenvalue weighted by Crippen LogP contribution is -2.15. The summed E-state index contributed by atoms with van der Waals surface area (Å²) in [6, 6.07) is 10.9. The average molecular weight is 372 g/mol. The molecule has 0 atom stereocenters. The van der Waals surface area contributed by atoms with Crippen LogP contribution in [0.15, 0.2) is 46.9 Å². The molecule has 2 aromatic rings. The molecule has 0 fully saturated rings. The van der Waals surface area contributed by atoms with Gasteiger partial charge in [0.2, 0.25) is 0 Å². The first-order chi connectivity index (χ1) is 8.66. The van der Waals surface area contributed by atoms with Crippen LogP contribution in [-0.4, -0.2) is 11.8 Å². The third kappa shape index (κ3) is 3.30. The number of nitrogens with zero attached hydrogens (tertiary/aromatic N) is 1. The van der Waals surface area contributed by atoms with E-state index in [1.807, 2.05) is 24.3 Å². The summed E-state index contributed by atoms with van der Waals surface area (Å²) >= 11 is 3.49. The SMILES string of the molecule is N/C(=N\OC(=O)c1cccs1)c1ccc(I)cc1. The number of benzene rings is 1. The van der Waals surface area contributed by atoms with Gasteiger partial charge in [-0.15, -0.1) is 11.3 Å².